The van der Waals surface area contributed by atoms with E-state index >= 15 is 0 Å². The van der Waals surface area contributed by atoms with Crippen molar-refractivity contribution >= 4 is 5.78 Å². The van der Waals surface area contributed by atoms with Crippen LogP contribution in [-0.2, 0) is 55.7 Å². The van der Waals surface area contributed by atoms with Crippen molar-refractivity contribution in [3.8, 4) is 0 Å². The molecule has 1 aromatic rings. The molecule has 0 spiro atoms. The summed E-state index contributed by atoms with van der Waals surface area (Å²) in [5.41, 5.74) is 1.21. The van der Waals surface area contributed by atoms with Crippen molar-refractivity contribution < 1.29 is 42.7 Å². The van der Waals surface area contributed by atoms with E-state index in [1.165, 1.54) is 6.42 Å². The van der Waals surface area contributed by atoms with Crippen LogP contribution in [0.1, 0.15) is 78.8 Å². The van der Waals surface area contributed by atoms with Crippen LogP contribution in [0.25, 0.3) is 0 Å². The number of ether oxygens (including phenoxy) is 8. The molecule has 0 amide bonds. The van der Waals surface area contributed by atoms with Crippen LogP contribution in [0, 0.1) is 11.3 Å². The van der Waals surface area contributed by atoms with E-state index in [0.29, 0.717) is 137 Å². The van der Waals surface area contributed by atoms with Crippen molar-refractivity contribution in [3.63, 3.8) is 0 Å². The van der Waals surface area contributed by atoms with Crippen molar-refractivity contribution in [1.82, 2.24) is 15.0 Å². The summed E-state index contributed by atoms with van der Waals surface area (Å²) in [5, 5.41) is 8.36. The predicted molar refractivity (Wildman–Crippen MR) is 177 cm³/mol. The van der Waals surface area contributed by atoms with Crippen LogP contribution >= 0.6 is 0 Å². The van der Waals surface area contributed by atoms with Gasteiger partial charge in [0.05, 0.1) is 111 Å². The maximum Gasteiger partial charge on any atom is 0.132 e. The van der Waals surface area contributed by atoms with Gasteiger partial charge in [0, 0.05) is 25.6 Å². The largest absolute Gasteiger partial charge is 0.379 e. The van der Waals surface area contributed by atoms with Crippen LogP contribution in [0.3, 0.4) is 0 Å². The molecule has 0 aliphatic rings. The number of Topliss-reactive ketones (excluding diaryl/α,β-unsaturated/α-hetero) is 1. The van der Waals surface area contributed by atoms with E-state index in [4.69, 9.17) is 37.9 Å². The van der Waals surface area contributed by atoms with Crippen molar-refractivity contribution in [2.45, 2.75) is 86.1 Å². The Morgan fingerprint density at radius 1 is 0.630 bits per heavy atom. The van der Waals surface area contributed by atoms with Gasteiger partial charge in [-0.3, -0.25) is 4.79 Å². The van der Waals surface area contributed by atoms with Crippen LogP contribution < -0.4 is 0 Å². The molecule has 0 aromatic carbocycles. The lowest BCUT2D eigenvalue weighted by Crippen LogP contribution is -2.15. The van der Waals surface area contributed by atoms with Crippen LogP contribution in [0.2, 0.25) is 0 Å². The van der Waals surface area contributed by atoms with Gasteiger partial charge in [0.2, 0.25) is 0 Å². The number of unbranched alkanes of at least 4 members (excludes halogenated alkanes) is 1. The summed E-state index contributed by atoms with van der Waals surface area (Å²) in [7, 11) is 0. The molecule has 12 nitrogen and oxygen atoms in total. The molecule has 1 aromatic heterocycles. The number of rotatable bonds is 34. The molecular weight excluding hydrogens is 594 g/mol. The molecule has 0 saturated carbocycles. The van der Waals surface area contributed by atoms with E-state index in [9.17, 15) is 4.79 Å². The number of carbonyl (C=O) groups is 1. The fraction of sp³-hybridized carbons (Fsp3) is 0.912. The minimum Gasteiger partial charge on any atom is -0.379 e. The molecule has 12 heteroatoms. The van der Waals surface area contributed by atoms with E-state index in [2.05, 4.69) is 44.9 Å². The van der Waals surface area contributed by atoms with Gasteiger partial charge in [-0.05, 0) is 30.6 Å². The Morgan fingerprint density at radius 2 is 1.04 bits per heavy atom. The Labute approximate surface area is 278 Å². The van der Waals surface area contributed by atoms with Gasteiger partial charge >= 0.3 is 0 Å². The van der Waals surface area contributed by atoms with Crippen LogP contribution in [0.4, 0.5) is 0 Å². The van der Waals surface area contributed by atoms with Gasteiger partial charge in [0.25, 0.3) is 0 Å². The van der Waals surface area contributed by atoms with Crippen LogP contribution in [0.5, 0.6) is 0 Å². The number of ketones is 1. The first-order chi connectivity index (χ1) is 22.3. The lowest BCUT2D eigenvalue weighted by atomic mass is 9.91. The standard InChI is InChI=1S/C34H65N3O9/c1-31(2)9-6-7-10-33(38)11-8-13-39-15-17-41-19-21-43-23-25-45-27-28-46-26-24-44-22-20-42-18-16-40-14-12-37-30-32(35-36-37)29-34(3,4)5/h30-31H,6-29H2,1-5H3. The first-order valence-corrected chi connectivity index (χ1v) is 17.3. The van der Waals surface area contributed by atoms with Crippen molar-refractivity contribution in [3.05, 3.63) is 11.9 Å². The third kappa shape index (κ3) is 29.9. The van der Waals surface area contributed by atoms with Crippen LogP contribution in [0.15, 0.2) is 6.20 Å². The molecule has 0 saturated heterocycles. The van der Waals surface area contributed by atoms with Gasteiger partial charge in [-0.2, -0.15) is 0 Å². The van der Waals surface area contributed by atoms with Gasteiger partial charge in [-0.1, -0.05) is 52.7 Å². The second-order valence-electron chi connectivity index (χ2n) is 12.9. The number of hydrogen-bond acceptors (Lipinski definition) is 11. The molecule has 0 atom stereocenters. The van der Waals surface area contributed by atoms with E-state index in [0.717, 1.165) is 31.4 Å². The highest BCUT2D eigenvalue weighted by molar-refractivity contribution is 5.78. The highest BCUT2D eigenvalue weighted by Gasteiger charge is 2.13. The van der Waals surface area contributed by atoms with E-state index < -0.39 is 0 Å². The highest BCUT2D eigenvalue weighted by Crippen LogP contribution is 2.18. The van der Waals surface area contributed by atoms with Gasteiger partial charge < -0.3 is 37.9 Å². The maximum atomic E-state index is 11.8. The van der Waals surface area contributed by atoms with E-state index in [-0.39, 0.29) is 5.41 Å². The number of aromatic nitrogens is 3. The molecule has 0 radical (unpaired) electrons. The summed E-state index contributed by atoms with van der Waals surface area (Å²) in [6.45, 7) is 20.1. The van der Waals surface area contributed by atoms with Crippen molar-refractivity contribution in [1.29, 1.82) is 0 Å². The smallest absolute Gasteiger partial charge is 0.132 e. The Kier molecular flexibility index (Phi) is 27.4. The third-order valence-electron chi connectivity index (χ3n) is 6.60. The molecule has 0 fully saturated rings. The topological polar surface area (TPSA) is 122 Å². The summed E-state index contributed by atoms with van der Waals surface area (Å²) in [4.78, 5) is 11.8. The number of carbonyl (C=O) groups excluding carboxylic acids is 1. The average Bonchev–Trinajstić information content (AvgIpc) is 3.44. The molecule has 1 heterocycles. The van der Waals surface area contributed by atoms with Gasteiger partial charge in [0.15, 0.2) is 0 Å². The second kappa shape index (κ2) is 29.6. The van der Waals surface area contributed by atoms with Crippen molar-refractivity contribution in [2.75, 3.05) is 106 Å². The first kappa shape index (κ1) is 42.5. The quantitative estimate of drug-likeness (QED) is 0.0968. The lowest BCUT2D eigenvalue weighted by Gasteiger charge is -2.15. The minimum atomic E-state index is 0.199. The molecule has 0 aliphatic carbocycles. The summed E-state index contributed by atoms with van der Waals surface area (Å²) < 4.78 is 46.0. The third-order valence-corrected chi connectivity index (χ3v) is 6.60. The lowest BCUT2D eigenvalue weighted by molar-refractivity contribution is -0.119. The van der Waals surface area contributed by atoms with E-state index in [1.54, 1.807) is 0 Å². The average molecular weight is 660 g/mol. The molecule has 0 bridgehead atoms. The molecule has 0 N–H and O–H groups in total. The number of nitrogens with zero attached hydrogens (tertiary/aromatic N) is 3. The first-order valence-electron chi connectivity index (χ1n) is 17.3. The summed E-state index contributed by atoms with van der Waals surface area (Å²) >= 11 is 0. The molecular formula is C34H65N3O9. The molecule has 270 valence electrons. The summed E-state index contributed by atoms with van der Waals surface area (Å²) in [6.07, 6.45) is 8.33. The maximum absolute atomic E-state index is 11.8. The second-order valence-corrected chi connectivity index (χ2v) is 12.9. The Bertz CT molecular complexity index is 818. The summed E-state index contributed by atoms with van der Waals surface area (Å²) in [5.74, 6) is 1.06. The fourth-order valence-corrected chi connectivity index (χ4v) is 4.24. The Hall–Kier alpha value is -1.51. The van der Waals surface area contributed by atoms with Gasteiger partial charge in [-0.25, -0.2) is 4.68 Å². The zero-order chi connectivity index (χ0) is 33.6. The monoisotopic (exact) mass is 659 g/mol. The predicted octanol–water partition coefficient (Wildman–Crippen LogP) is 4.57. The van der Waals surface area contributed by atoms with Crippen LogP contribution in [-0.4, -0.2) is 126 Å². The zero-order valence-corrected chi connectivity index (χ0v) is 29.6. The van der Waals surface area contributed by atoms with Gasteiger partial charge in [-0.15, -0.1) is 5.10 Å². The normalized spacial score (nSPS) is 12.0. The summed E-state index contributed by atoms with van der Waals surface area (Å²) in [6, 6.07) is 0. The SMILES string of the molecule is CC(C)CCCCC(=O)CCCOCCOCCOCCOCCOCCOCCOCCOCCn1cc(CC(C)(C)C)nn1. The molecule has 0 unspecified atom stereocenters. The number of hydrogen-bond donors (Lipinski definition) is 0. The molecule has 1 rings (SSSR count). The Balaban J connectivity index is 1.69. The molecule has 46 heavy (non-hydrogen) atoms. The van der Waals surface area contributed by atoms with Gasteiger partial charge in [0.1, 0.15) is 5.78 Å². The minimum absolute atomic E-state index is 0.199. The van der Waals surface area contributed by atoms with E-state index in [1.807, 2.05) is 10.9 Å². The zero-order valence-electron chi connectivity index (χ0n) is 29.6. The van der Waals surface area contributed by atoms with Crippen molar-refractivity contribution in [2.24, 2.45) is 11.3 Å². The fourth-order valence-electron chi connectivity index (χ4n) is 4.24. The Morgan fingerprint density at radius 3 is 1.48 bits per heavy atom. The highest BCUT2D eigenvalue weighted by atomic mass is 16.6. The molecule has 0 aliphatic heterocycles.